The van der Waals surface area contributed by atoms with E-state index in [-0.39, 0.29) is 19.8 Å². The number of unbranched alkanes of at least 4 members (excludes halogenated alkanes) is 2. The first-order valence-corrected chi connectivity index (χ1v) is 7.94. The Balaban J connectivity index is 2.19. The summed E-state index contributed by atoms with van der Waals surface area (Å²) < 4.78 is 88.0. The molecule has 0 atom stereocenters. The molecule has 25 heavy (non-hydrogen) atoms. The lowest BCUT2D eigenvalue weighted by molar-refractivity contribution is -0.503. The zero-order valence-electron chi connectivity index (χ0n) is 13.6. The maximum atomic E-state index is 14.6. The average Bonchev–Trinajstić information content (AvgIpc) is 2.57. The highest BCUT2D eigenvalue weighted by Gasteiger charge is 2.63. The summed E-state index contributed by atoms with van der Waals surface area (Å²) in [7, 11) is 0. The fraction of sp³-hybridized carbons (Fsp3) is 0.625. The molecular weight excluding hydrogens is 351 g/mol. The van der Waals surface area contributed by atoms with Gasteiger partial charge in [-0.2, -0.15) is 8.78 Å². The molecule has 0 spiro atoms. The van der Waals surface area contributed by atoms with Gasteiger partial charge in [-0.05, 0) is 12.8 Å². The van der Waals surface area contributed by atoms with Crippen molar-refractivity contribution in [3.05, 3.63) is 29.6 Å². The maximum absolute atomic E-state index is 14.6. The van der Waals surface area contributed by atoms with Crippen molar-refractivity contribution in [1.82, 2.24) is 0 Å². The first-order valence-electron chi connectivity index (χ1n) is 7.94. The molecule has 1 saturated heterocycles. The zero-order chi connectivity index (χ0) is 18.5. The molecule has 0 N–H and O–H groups in total. The SMILES string of the molecule is CCCCCOC1(C(F)(F)Oc2cc(F)c(F)c(F)c2)OCCCO1. The van der Waals surface area contributed by atoms with Gasteiger partial charge >= 0.3 is 12.1 Å². The van der Waals surface area contributed by atoms with E-state index in [1.807, 2.05) is 6.92 Å². The van der Waals surface area contributed by atoms with Gasteiger partial charge in [-0.25, -0.2) is 13.2 Å². The third kappa shape index (κ3) is 4.59. The Kier molecular flexibility index (Phi) is 6.59. The molecule has 1 heterocycles. The molecule has 0 saturated carbocycles. The minimum Gasteiger partial charge on any atom is -0.426 e. The van der Waals surface area contributed by atoms with Crippen LogP contribution in [0.25, 0.3) is 0 Å². The molecule has 1 aliphatic heterocycles. The van der Waals surface area contributed by atoms with Gasteiger partial charge in [0.2, 0.25) is 0 Å². The number of hydrogen-bond acceptors (Lipinski definition) is 4. The lowest BCUT2D eigenvalue weighted by atomic mass is 10.3. The van der Waals surface area contributed by atoms with E-state index in [0.29, 0.717) is 25.0 Å². The lowest BCUT2D eigenvalue weighted by Gasteiger charge is -2.40. The predicted molar refractivity (Wildman–Crippen MR) is 76.6 cm³/mol. The Hall–Kier alpha value is -1.45. The van der Waals surface area contributed by atoms with Crippen molar-refractivity contribution in [2.45, 2.75) is 44.7 Å². The summed E-state index contributed by atoms with van der Waals surface area (Å²) in [4.78, 5) is 0. The maximum Gasteiger partial charge on any atom is 0.484 e. The number of alkyl halides is 2. The van der Waals surface area contributed by atoms with E-state index < -0.39 is 35.3 Å². The van der Waals surface area contributed by atoms with Crippen LogP contribution < -0.4 is 4.74 Å². The molecule has 1 fully saturated rings. The smallest absolute Gasteiger partial charge is 0.426 e. The van der Waals surface area contributed by atoms with Gasteiger partial charge in [-0.3, -0.25) is 0 Å². The van der Waals surface area contributed by atoms with Crippen molar-refractivity contribution in [2.24, 2.45) is 0 Å². The van der Waals surface area contributed by atoms with Crippen LogP contribution in [0.1, 0.15) is 32.6 Å². The van der Waals surface area contributed by atoms with Crippen molar-refractivity contribution in [3.8, 4) is 5.75 Å². The van der Waals surface area contributed by atoms with Crippen LogP contribution in [-0.2, 0) is 14.2 Å². The summed E-state index contributed by atoms with van der Waals surface area (Å²) in [5.74, 6) is -8.86. The molecular formula is C16H19F5O4. The van der Waals surface area contributed by atoms with E-state index in [4.69, 9.17) is 14.2 Å². The van der Waals surface area contributed by atoms with Gasteiger partial charge in [0.1, 0.15) is 5.75 Å². The Labute approximate surface area is 141 Å². The fourth-order valence-corrected chi connectivity index (χ4v) is 2.21. The molecule has 4 nitrogen and oxygen atoms in total. The number of hydrogen-bond donors (Lipinski definition) is 0. The van der Waals surface area contributed by atoms with Crippen molar-refractivity contribution < 1.29 is 40.9 Å². The second-order valence-electron chi connectivity index (χ2n) is 5.48. The van der Waals surface area contributed by atoms with Gasteiger partial charge in [-0.1, -0.05) is 19.8 Å². The van der Waals surface area contributed by atoms with Crippen LogP contribution in [0, 0.1) is 17.5 Å². The van der Waals surface area contributed by atoms with E-state index >= 15 is 0 Å². The molecule has 9 heteroatoms. The largest absolute Gasteiger partial charge is 0.484 e. The van der Waals surface area contributed by atoms with Crippen LogP contribution in [0.5, 0.6) is 5.75 Å². The Morgan fingerprint density at radius 1 is 1.08 bits per heavy atom. The van der Waals surface area contributed by atoms with Crippen LogP contribution in [0.4, 0.5) is 22.0 Å². The zero-order valence-corrected chi connectivity index (χ0v) is 13.6. The molecule has 1 aliphatic rings. The molecule has 0 aromatic heterocycles. The van der Waals surface area contributed by atoms with Crippen molar-refractivity contribution in [1.29, 1.82) is 0 Å². The van der Waals surface area contributed by atoms with E-state index in [2.05, 4.69) is 4.74 Å². The van der Waals surface area contributed by atoms with Crippen molar-refractivity contribution in [3.63, 3.8) is 0 Å². The standard InChI is InChI=1S/C16H19F5O4/c1-2-3-4-6-22-16(23-7-5-8-24-16)15(20,21)25-11-9-12(17)14(19)13(18)10-11/h9-10H,2-8H2,1H3. The number of ether oxygens (including phenoxy) is 4. The second kappa shape index (κ2) is 8.29. The van der Waals surface area contributed by atoms with Gasteiger partial charge in [0.15, 0.2) is 17.5 Å². The molecule has 0 unspecified atom stereocenters. The van der Waals surface area contributed by atoms with Crippen molar-refractivity contribution in [2.75, 3.05) is 19.8 Å². The normalized spacial score (nSPS) is 17.5. The van der Waals surface area contributed by atoms with E-state index in [9.17, 15) is 22.0 Å². The Morgan fingerprint density at radius 2 is 1.68 bits per heavy atom. The van der Waals surface area contributed by atoms with Gasteiger partial charge in [0.25, 0.3) is 0 Å². The molecule has 1 aromatic rings. The molecule has 0 bridgehead atoms. The summed E-state index contributed by atoms with van der Waals surface area (Å²) in [6.07, 6.45) is -1.77. The molecule has 2 rings (SSSR count). The monoisotopic (exact) mass is 370 g/mol. The van der Waals surface area contributed by atoms with Crippen molar-refractivity contribution >= 4 is 0 Å². The highest BCUT2D eigenvalue weighted by atomic mass is 19.3. The summed E-state index contributed by atoms with van der Waals surface area (Å²) >= 11 is 0. The minimum absolute atomic E-state index is 0.0706. The average molecular weight is 370 g/mol. The number of benzene rings is 1. The Bertz CT molecular complexity index is 553. The second-order valence-corrected chi connectivity index (χ2v) is 5.48. The highest BCUT2D eigenvalue weighted by Crippen LogP contribution is 2.39. The molecule has 0 aliphatic carbocycles. The van der Waals surface area contributed by atoms with Gasteiger partial charge in [-0.15, -0.1) is 0 Å². The highest BCUT2D eigenvalue weighted by molar-refractivity contribution is 5.25. The van der Waals surface area contributed by atoms with Crippen LogP contribution in [0.3, 0.4) is 0 Å². The molecule has 0 amide bonds. The van der Waals surface area contributed by atoms with Crippen LogP contribution in [0.2, 0.25) is 0 Å². The minimum atomic E-state index is -4.23. The number of rotatable bonds is 8. The van der Waals surface area contributed by atoms with E-state index in [1.54, 1.807) is 0 Å². The first kappa shape index (κ1) is 19.9. The molecule has 0 radical (unpaired) electrons. The van der Waals surface area contributed by atoms with Crippen LogP contribution in [-0.4, -0.2) is 31.9 Å². The first-order chi connectivity index (χ1) is 11.8. The summed E-state index contributed by atoms with van der Waals surface area (Å²) in [6.45, 7) is 1.70. The third-order valence-electron chi connectivity index (χ3n) is 3.47. The summed E-state index contributed by atoms with van der Waals surface area (Å²) in [5, 5.41) is 0. The lowest BCUT2D eigenvalue weighted by Crippen LogP contribution is -2.59. The topological polar surface area (TPSA) is 36.9 Å². The summed E-state index contributed by atoms with van der Waals surface area (Å²) in [6, 6.07) is 0.611. The predicted octanol–water partition coefficient (Wildman–Crippen LogP) is 4.37. The van der Waals surface area contributed by atoms with Crippen LogP contribution in [0.15, 0.2) is 12.1 Å². The van der Waals surface area contributed by atoms with Gasteiger partial charge in [0, 0.05) is 12.1 Å². The quantitative estimate of drug-likeness (QED) is 0.387. The third-order valence-corrected chi connectivity index (χ3v) is 3.47. The van der Waals surface area contributed by atoms with E-state index in [1.165, 1.54) is 0 Å². The van der Waals surface area contributed by atoms with Gasteiger partial charge < -0.3 is 18.9 Å². The molecule has 142 valence electrons. The van der Waals surface area contributed by atoms with E-state index in [0.717, 1.165) is 12.8 Å². The Morgan fingerprint density at radius 3 is 2.24 bits per heavy atom. The number of halogens is 5. The van der Waals surface area contributed by atoms with Gasteiger partial charge in [0.05, 0.1) is 19.8 Å². The fourth-order valence-electron chi connectivity index (χ4n) is 2.21. The van der Waals surface area contributed by atoms with Crippen LogP contribution >= 0.6 is 0 Å². The molecule has 1 aromatic carbocycles. The summed E-state index contributed by atoms with van der Waals surface area (Å²) in [5.41, 5.74) is 0.